The highest BCUT2D eigenvalue weighted by Crippen LogP contribution is 2.31. The lowest BCUT2D eigenvalue weighted by Crippen LogP contribution is -2.23. The third-order valence-electron chi connectivity index (χ3n) is 4.97. The van der Waals surface area contributed by atoms with Crippen LogP contribution in [-0.4, -0.2) is 39.3 Å². The molecule has 1 aliphatic heterocycles. The van der Waals surface area contributed by atoms with Gasteiger partial charge in [0.25, 0.3) is 5.56 Å². The van der Waals surface area contributed by atoms with Gasteiger partial charge in [-0.15, -0.1) is 0 Å². The van der Waals surface area contributed by atoms with Crippen LogP contribution in [0.25, 0.3) is 10.3 Å². The van der Waals surface area contributed by atoms with E-state index in [1.165, 1.54) is 28.0 Å². The Kier molecular flexibility index (Phi) is 6.42. The highest BCUT2D eigenvalue weighted by atomic mass is 32.2. The second-order valence-electron chi connectivity index (χ2n) is 7.20. The van der Waals surface area contributed by atoms with Crippen molar-refractivity contribution in [2.24, 2.45) is 0 Å². The van der Waals surface area contributed by atoms with Crippen molar-refractivity contribution in [1.82, 2.24) is 14.5 Å². The van der Waals surface area contributed by atoms with Crippen molar-refractivity contribution in [3.63, 3.8) is 0 Å². The van der Waals surface area contributed by atoms with E-state index < -0.39 is 17.6 Å². The van der Waals surface area contributed by atoms with Gasteiger partial charge in [-0.1, -0.05) is 29.2 Å². The van der Waals surface area contributed by atoms with Gasteiger partial charge in [-0.05, 0) is 38.0 Å². The number of fused-ring (bicyclic) bond motifs is 1. The molecule has 0 saturated carbocycles. The SMILES string of the molecule is CCn1c(SCC(=O)Nc2cccc(C(F)(F)F)c2)nc2nc(N3CCCC3)sc2c1=O. The summed E-state index contributed by atoms with van der Waals surface area (Å²) in [6.07, 6.45) is -2.32. The van der Waals surface area contributed by atoms with E-state index in [2.05, 4.69) is 20.2 Å². The molecule has 3 aromatic rings. The summed E-state index contributed by atoms with van der Waals surface area (Å²) < 4.78 is 40.5. The predicted octanol–water partition coefficient (Wildman–Crippen LogP) is 4.22. The van der Waals surface area contributed by atoms with Crippen LogP contribution in [0.3, 0.4) is 0 Å². The Morgan fingerprint density at radius 3 is 2.69 bits per heavy atom. The number of carbonyl (C=O) groups is 1. The molecule has 1 fully saturated rings. The van der Waals surface area contributed by atoms with Crippen LogP contribution in [0.1, 0.15) is 25.3 Å². The molecule has 1 N–H and O–H groups in total. The molecule has 2 aromatic heterocycles. The molecule has 0 unspecified atom stereocenters. The fourth-order valence-electron chi connectivity index (χ4n) is 3.41. The number of thioether (sulfide) groups is 1. The van der Waals surface area contributed by atoms with Crippen LogP contribution >= 0.6 is 23.1 Å². The Bertz CT molecular complexity index is 1200. The zero-order chi connectivity index (χ0) is 22.9. The summed E-state index contributed by atoms with van der Waals surface area (Å²) in [5, 5.41) is 3.58. The predicted molar refractivity (Wildman–Crippen MR) is 120 cm³/mol. The number of carbonyl (C=O) groups excluding carboxylic acids is 1. The Morgan fingerprint density at radius 2 is 2.00 bits per heavy atom. The first-order valence-corrected chi connectivity index (χ1v) is 11.8. The van der Waals surface area contributed by atoms with Crippen molar-refractivity contribution in [3.05, 3.63) is 40.2 Å². The molecule has 0 spiro atoms. The molecule has 1 amide bonds. The molecule has 0 aliphatic carbocycles. The Hall–Kier alpha value is -2.60. The number of hydrogen-bond acceptors (Lipinski definition) is 7. The van der Waals surface area contributed by atoms with E-state index in [1.54, 1.807) is 0 Å². The van der Waals surface area contributed by atoms with Gasteiger partial charge in [-0.2, -0.15) is 18.2 Å². The van der Waals surface area contributed by atoms with E-state index in [0.29, 0.717) is 22.0 Å². The molecule has 1 aromatic carbocycles. The third-order valence-corrected chi connectivity index (χ3v) is 7.04. The molecular weight excluding hydrogens is 463 g/mol. The van der Waals surface area contributed by atoms with Gasteiger partial charge < -0.3 is 10.2 Å². The minimum atomic E-state index is -4.49. The van der Waals surface area contributed by atoms with Crippen LogP contribution < -0.4 is 15.8 Å². The average molecular weight is 484 g/mol. The number of nitrogens with one attached hydrogen (secondary N) is 1. The van der Waals surface area contributed by atoms with E-state index in [-0.39, 0.29) is 17.0 Å². The van der Waals surface area contributed by atoms with Crippen molar-refractivity contribution >= 4 is 50.2 Å². The second-order valence-corrected chi connectivity index (χ2v) is 9.12. The first-order valence-electron chi connectivity index (χ1n) is 10.0. The number of hydrogen-bond donors (Lipinski definition) is 1. The summed E-state index contributed by atoms with van der Waals surface area (Å²) in [6, 6.07) is 4.44. The van der Waals surface area contributed by atoms with Crippen LogP contribution in [0.2, 0.25) is 0 Å². The van der Waals surface area contributed by atoms with Gasteiger partial charge in [0, 0.05) is 25.3 Å². The van der Waals surface area contributed by atoms with Crippen molar-refractivity contribution in [1.29, 1.82) is 0 Å². The summed E-state index contributed by atoms with van der Waals surface area (Å²) in [5.74, 6) is -0.612. The molecule has 32 heavy (non-hydrogen) atoms. The average Bonchev–Trinajstić information content (AvgIpc) is 3.42. The van der Waals surface area contributed by atoms with Crippen LogP contribution in [0.4, 0.5) is 24.0 Å². The first kappa shape index (κ1) is 22.6. The van der Waals surface area contributed by atoms with Gasteiger partial charge in [0.1, 0.15) is 4.70 Å². The number of nitrogens with zero attached hydrogens (tertiary/aromatic N) is 4. The minimum Gasteiger partial charge on any atom is -0.348 e. The van der Waals surface area contributed by atoms with E-state index in [9.17, 15) is 22.8 Å². The number of benzene rings is 1. The maximum Gasteiger partial charge on any atom is 0.416 e. The fraction of sp³-hybridized carbons (Fsp3) is 0.400. The number of alkyl halides is 3. The van der Waals surface area contributed by atoms with E-state index >= 15 is 0 Å². The van der Waals surface area contributed by atoms with Crippen molar-refractivity contribution in [2.75, 3.05) is 29.1 Å². The zero-order valence-corrected chi connectivity index (χ0v) is 18.7. The second kappa shape index (κ2) is 9.10. The van der Waals surface area contributed by atoms with E-state index in [4.69, 9.17) is 0 Å². The summed E-state index contributed by atoms with van der Waals surface area (Å²) >= 11 is 2.38. The number of aromatic nitrogens is 3. The van der Waals surface area contributed by atoms with Gasteiger partial charge in [0.2, 0.25) is 5.91 Å². The molecule has 12 heteroatoms. The molecule has 170 valence electrons. The summed E-state index contributed by atoms with van der Waals surface area (Å²) in [6.45, 7) is 3.98. The maximum absolute atomic E-state index is 12.9. The lowest BCUT2D eigenvalue weighted by molar-refractivity contribution is -0.137. The molecule has 1 saturated heterocycles. The monoisotopic (exact) mass is 483 g/mol. The number of anilines is 2. The largest absolute Gasteiger partial charge is 0.416 e. The van der Waals surface area contributed by atoms with Crippen molar-refractivity contribution in [2.45, 2.75) is 37.6 Å². The van der Waals surface area contributed by atoms with Gasteiger partial charge in [-0.3, -0.25) is 14.2 Å². The van der Waals surface area contributed by atoms with Crippen LogP contribution in [0.15, 0.2) is 34.2 Å². The van der Waals surface area contributed by atoms with Gasteiger partial charge in [0.15, 0.2) is 15.9 Å². The van der Waals surface area contributed by atoms with Gasteiger partial charge in [-0.25, -0.2) is 4.98 Å². The van der Waals surface area contributed by atoms with E-state index in [0.717, 1.165) is 55.0 Å². The molecular formula is C20H20F3N5O2S2. The fourth-order valence-corrected chi connectivity index (χ4v) is 5.27. The smallest absolute Gasteiger partial charge is 0.348 e. The minimum absolute atomic E-state index is 0.0523. The quantitative estimate of drug-likeness (QED) is 0.418. The topological polar surface area (TPSA) is 80.1 Å². The summed E-state index contributed by atoms with van der Waals surface area (Å²) in [4.78, 5) is 36.4. The normalized spacial score (nSPS) is 14.3. The Balaban J connectivity index is 1.51. The van der Waals surface area contributed by atoms with Gasteiger partial charge in [0.05, 0.1) is 11.3 Å². The first-order chi connectivity index (χ1) is 15.3. The number of thiazole rings is 1. The van der Waals surface area contributed by atoms with Crippen LogP contribution in [-0.2, 0) is 17.5 Å². The van der Waals surface area contributed by atoms with Crippen LogP contribution in [0.5, 0.6) is 0 Å². The molecule has 0 bridgehead atoms. The highest BCUT2D eigenvalue weighted by molar-refractivity contribution is 7.99. The van der Waals surface area contributed by atoms with Crippen molar-refractivity contribution in [3.8, 4) is 0 Å². The number of amides is 1. The molecule has 3 heterocycles. The summed E-state index contributed by atoms with van der Waals surface area (Å²) in [5.41, 5.74) is -0.641. The standard InChI is InChI=1S/C20H20F3N5O2S2/c1-2-28-17(30)15-16(25-18(32-15)27-8-3-4-9-27)26-19(28)31-11-14(29)24-13-7-5-6-12(10-13)20(21,22)23/h5-7,10H,2-4,8-9,11H2,1H3,(H,24,29). The van der Waals surface area contributed by atoms with Crippen molar-refractivity contribution < 1.29 is 18.0 Å². The third kappa shape index (κ3) is 4.75. The lowest BCUT2D eigenvalue weighted by Gasteiger charge is -2.11. The number of rotatable bonds is 6. The zero-order valence-electron chi connectivity index (χ0n) is 17.1. The summed E-state index contributed by atoms with van der Waals surface area (Å²) in [7, 11) is 0. The number of halogens is 3. The maximum atomic E-state index is 12.9. The molecule has 0 radical (unpaired) electrons. The van der Waals surface area contributed by atoms with E-state index in [1.807, 2.05) is 6.92 Å². The van der Waals surface area contributed by atoms with Crippen LogP contribution in [0, 0.1) is 0 Å². The Morgan fingerprint density at radius 1 is 1.25 bits per heavy atom. The molecule has 1 aliphatic rings. The lowest BCUT2D eigenvalue weighted by atomic mass is 10.2. The molecule has 7 nitrogen and oxygen atoms in total. The molecule has 4 rings (SSSR count). The Labute approximate surface area is 189 Å². The highest BCUT2D eigenvalue weighted by Gasteiger charge is 2.30. The van der Waals surface area contributed by atoms with Gasteiger partial charge >= 0.3 is 6.18 Å². The molecule has 0 atom stereocenters.